The molecule has 1 fully saturated rings. The van der Waals surface area contributed by atoms with Gasteiger partial charge in [-0.15, -0.1) is 11.6 Å². The topological polar surface area (TPSA) is 20.3 Å². The Morgan fingerprint density at radius 2 is 2.31 bits per heavy atom. The van der Waals surface area contributed by atoms with E-state index in [1.165, 1.54) is 18.2 Å². The van der Waals surface area contributed by atoms with E-state index in [0.717, 1.165) is 6.42 Å². The van der Waals surface area contributed by atoms with Gasteiger partial charge in [0.05, 0.1) is 10.9 Å². The van der Waals surface area contributed by atoms with Gasteiger partial charge in [0, 0.05) is 17.6 Å². The molecule has 1 heterocycles. The highest BCUT2D eigenvalue weighted by molar-refractivity contribution is 9.10. The van der Waals surface area contributed by atoms with Gasteiger partial charge in [0.15, 0.2) is 0 Å². The van der Waals surface area contributed by atoms with Crippen molar-refractivity contribution in [1.29, 1.82) is 0 Å². The van der Waals surface area contributed by atoms with Crippen molar-refractivity contribution in [2.75, 3.05) is 13.1 Å². The molecule has 0 saturated carbocycles. The highest BCUT2D eigenvalue weighted by Gasteiger charge is 2.26. The lowest BCUT2D eigenvalue weighted by atomic mass is 10.2. The normalized spacial score (nSPS) is 20.2. The molecule has 1 unspecified atom stereocenters. The Balaban J connectivity index is 2.23. The first kappa shape index (κ1) is 11.9. The molecular weight excluding hydrogens is 296 g/mol. The van der Waals surface area contributed by atoms with Gasteiger partial charge in [-0.1, -0.05) is 0 Å². The fraction of sp³-hybridized carbons (Fsp3) is 0.364. The number of hydrogen-bond donors (Lipinski definition) is 0. The highest BCUT2D eigenvalue weighted by atomic mass is 79.9. The quantitative estimate of drug-likeness (QED) is 0.730. The van der Waals surface area contributed by atoms with Crippen molar-refractivity contribution >= 4 is 33.4 Å². The van der Waals surface area contributed by atoms with E-state index in [2.05, 4.69) is 15.9 Å². The van der Waals surface area contributed by atoms with Crippen molar-refractivity contribution in [2.45, 2.75) is 11.8 Å². The molecule has 1 saturated heterocycles. The third-order valence-electron chi connectivity index (χ3n) is 2.58. The predicted molar refractivity (Wildman–Crippen MR) is 64.3 cm³/mol. The first-order valence-corrected chi connectivity index (χ1v) is 6.19. The summed E-state index contributed by atoms with van der Waals surface area (Å²) in [5.41, 5.74) is 0.353. The molecule has 0 N–H and O–H groups in total. The number of alkyl halides is 1. The number of amides is 1. The molecule has 0 bridgehead atoms. The molecule has 0 spiro atoms. The zero-order valence-corrected chi connectivity index (χ0v) is 10.8. The van der Waals surface area contributed by atoms with Gasteiger partial charge in [-0.05, 0) is 40.5 Å². The minimum absolute atomic E-state index is 0.0104. The van der Waals surface area contributed by atoms with Crippen LogP contribution in [0.3, 0.4) is 0 Å². The molecule has 1 aliphatic heterocycles. The van der Waals surface area contributed by atoms with Gasteiger partial charge in [0.25, 0.3) is 5.91 Å². The van der Waals surface area contributed by atoms with E-state index in [0.29, 0.717) is 23.1 Å². The van der Waals surface area contributed by atoms with E-state index in [-0.39, 0.29) is 11.3 Å². The molecule has 0 aromatic heterocycles. The molecule has 16 heavy (non-hydrogen) atoms. The minimum atomic E-state index is -0.409. The van der Waals surface area contributed by atoms with Crippen LogP contribution in [0.25, 0.3) is 0 Å². The first-order chi connectivity index (χ1) is 7.58. The van der Waals surface area contributed by atoms with Gasteiger partial charge in [0.2, 0.25) is 0 Å². The summed E-state index contributed by atoms with van der Waals surface area (Å²) in [6, 6.07) is 4.10. The van der Waals surface area contributed by atoms with Crippen LogP contribution >= 0.6 is 27.5 Å². The molecule has 2 rings (SSSR count). The van der Waals surface area contributed by atoms with Crippen molar-refractivity contribution in [3.63, 3.8) is 0 Å². The van der Waals surface area contributed by atoms with Gasteiger partial charge in [-0.2, -0.15) is 0 Å². The summed E-state index contributed by atoms with van der Waals surface area (Å²) in [6.45, 7) is 1.17. The van der Waals surface area contributed by atoms with Crippen LogP contribution in [0.15, 0.2) is 22.7 Å². The smallest absolute Gasteiger partial charge is 0.255 e. The van der Waals surface area contributed by atoms with Crippen molar-refractivity contribution < 1.29 is 9.18 Å². The van der Waals surface area contributed by atoms with E-state index in [1.54, 1.807) is 4.90 Å². The summed E-state index contributed by atoms with van der Waals surface area (Å²) >= 11 is 9.18. The monoisotopic (exact) mass is 305 g/mol. The number of nitrogens with zero attached hydrogens (tertiary/aromatic N) is 1. The second-order valence-electron chi connectivity index (χ2n) is 3.76. The molecule has 86 valence electrons. The average molecular weight is 307 g/mol. The molecule has 5 heteroatoms. The summed E-state index contributed by atoms with van der Waals surface area (Å²) < 4.78 is 13.7. The van der Waals surface area contributed by atoms with Gasteiger partial charge < -0.3 is 4.90 Å². The van der Waals surface area contributed by atoms with Crippen LogP contribution in [0.5, 0.6) is 0 Å². The molecule has 1 aromatic rings. The lowest BCUT2D eigenvalue weighted by Crippen LogP contribution is -2.29. The molecule has 0 aliphatic carbocycles. The predicted octanol–water partition coefficient (Wildman–Crippen LogP) is 3.04. The lowest BCUT2D eigenvalue weighted by molar-refractivity contribution is 0.0791. The number of benzene rings is 1. The van der Waals surface area contributed by atoms with Crippen LogP contribution in [-0.2, 0) is 0 Å². The van der Waals surface area contributed by atoms with Gasteiger partial charge in [-0.25, -0.2) is 4.39 Å². The zero-order valence-electron chi connectivity index (χ0n) is 8.42. The van der Waals surface area contributed by atoms with Crippen molar-refractivity contribution in [2.24, 2.45) is 0 Å². The first-order valence-electron chi connectivity index (χ1n) is 4.96. The maximum absolute atomic E-state index is 13.1. The summed E-state index contributed by atoms with van der Waals surface area (Å²) in [5.74, 6) is -0.581. The SMILES string of the molecule is O=C(c1cc(F)ccc1Br)N1CCC(Cl)C1. The lowest BCUT2D eigenvalue weighted by Gasteiger charge is -2.16. The van der Waals surface area contributed by atoms with Crippen LogP contribution in [0.1, 0.15) is 16.8 Å². The largest absolute Gasteiger partial charge is 0.337 e. The average Bonchev–Trinajstić information content (AvgIpc) is 2.67. The Morgan fingerprint density at radius 3 is 2.94 bits per heavy atom. The van der Waals surface area contributed by atoms with Crippen LogP contribution in [-0.4, -0.2) is 29.3 Å². The van der Waals surface area contributed by atoms with Crippen molar-refractivity contribution in [3.8, 4) is 0 Å². The molecule has 0 radical (unpaired) electrons. The van der Waals surface area contributed by atoms with Crippen molar-refractivity contribution in [3.05, 3.63) is 34.1 Å². The van der Waals surface area contributed by atoms with Crippen LogP contribution in [0.2, 0.25) is 0 Å². The standard InChI is InChI=1S/C11H10BrClFNO/c12-10-2-1-8(14)5-9(10)11(16)15-4-3-7(13)6-15/h1-2,5,7H,3-4,6H2. The fourth-order valence-electron chi connectivity index (χ4n) is 1.73. The molecule has 1 atom stereocenters. The molecular formula is C11H10BrClFNO. The van der Waals surface area contributed by atoms with Crippen LogP contribution in [0, 0.1) is 5.82 Å². The number of rotatable bonds is 1. The number of halogens is 3. The number of carbonyl (C=O) groups excluding carboxylic acids is 1. The molecule has 1 aliphatic rings. The van der Waals surface area contributed by atoms with Crippen LogP contribution in [0.4, 0.5) is 4.39 Å². The number of carbonyl (C=O) groups is 1. The third kappa shape index (κ3) is 2.38. The number of likely N-dealkylation sites (tertiary alicyclic amines) is 1. The number of hydrogen-bond acceptors (Lipinski definition) is 1. The van der Waals surface area contributed by atoms with E-state index >= 15 is 0 Å². The molecule has 1 amide bonds. The second-order valence-corrected chi connectivity index (χ2v) is 5.23. The summed E-state index contributed by atoms with van der Waals surface area (Å²) in [5, 5.41) is 0.0104. The summed E-state index contributed by atoms with van der Waals surface area (Å²) in [4.78, 5) is 13.7. The second kappa shape index (κ2) is 4.72. The molecule has 2 nitrogen and oxygen atoms in total. The van der Waals surface area contributed by atoms with Crippen LogP contribution < -0.4 is 0 Å². The Labute approximate surface area is 107 Å². The maximum atomic E-state index is 13.1. The van der Waals surface area contributed by atoms with E-state index in [9.17, 15) is 9.18 Å². The molecule has 1 aromatic carbocycles. The third-order valence-corrected chi connectivity index (χ3v) is 3.62. The van der Waals surface area contributed by atoms with Gasteiger partial charge >= 0.3 is 0 Å². The summed E-state index contributed by atoms with van der Waals surface area (Å²) in [7, 11) is 0. The Morgan fingerprint density at radius 1 is 1.56 bits per heavy atom. The van der Waals surface area contributed by atoms with Crippen molar-refractivity contribution in [1.82, 2.24) is 4.90 Å². The maximum Gasteiger partial charge on any atom is 0.255 e. The Bertz CT molecular complexity index is 426. The minimum Gasteiger partial charge on any atom is -0.337 e. The summed E-state index contributed by atoms with van der Waals surface area (Å²) in [6.07, 6.45) is 0.792. The Hall–Kier alpha value is -0.610. The zero-order chi connectivity index (χ0) is 11.7. The van der Waals surface area contributed by atoms with E-state index < -0.39 is 5.82 Å². The van der Waals surface area contributed by atoms with E-state index in [1.807, 2.05) is 0 Å². The van der Waals surface area contributed by atoms with E-state index in [4.69, 9.17) is 11.6 Å². The fourth-order valence-corrected chi connectivity index (χ4v) is 2.41. The highest BCUT2D eigenvalue weighted by Crippen LogP contribution is 2.23. The van der Waals surface area contributed by atoms with Gasteiger partial charge in [0.1, 0.15) is 5.82 Å². The Kier molecular flexibility index (Phi) is 3.50. The van der Waals surface area contributed by atoms with Gasteiger partial charge in [-0.3, -0.25) is 4.79 Å².